The molecule has 0 atom stereocenters. The number of aryl methyl sites for hydroxylation is 1. The van der Waals surface area contributed by atoms with E-state index in [9.17, 15) is 9.59 Å². The van der Waals surface area contributed by atoms with E-state index in [0.29, 0.717) is 37.3 Å². The van der Waals surface area contributed by atoms with Gasteiger partial charge < -0.3 is 19.1 Å². The Hall–Kier alpha value is -3.84. The molecule has 6 nitrogen and oxygen atoms in total. The molecule has 1 saturated heterocycles. The molecule has 0 aliphatic carbocycles. The van der Waals surface area contributed by atoms with E-state index in [1.165, 1.54) is 5.56 Å². The van der Waals surface area contributed by atoms with Gasteiger partial charge >= 0.3 is 0 Å². The third kappa shape index (κ3) is 5.11. The van der Waals surface area contributed by atoms with Gasteiger partial charge in [0.25, 0.3) is 11.8 Å². The number of amides is 2. The molecule has 5 rings (SSSR count). The molecule has 1 aliphatic rings. The Kier molecular flexibility index (Phi) is 7.38. The van der Waals surface area contributed by atoms with Crippen molar-refractivity contribution < 1.29 is 14.3 Å². The zero-order chi connectivity index (χ0) is 26.8. The van der Waals surface area contributed by atoms with Gasteiger partial charge in [0.05, 0.1) is 18.4 Å². The first kappa shape index (κ1) is 25.8. The number of carbonyl (C=O) groups is 2. The van der Waals surface area contributed by atoms with Gasteiger partial charge in [-0.2, -0.15) is 0 Å². The molecule has 0 bridgehead atoms. The number of rotatable bonds is 5. The molecule has 194 valence electrons. The molecular formula is C31H30BrN3O3. The lowest BCUT2D eigenvalue weighted by Gasteiger charge is -2.35. The van der Waals surface area contributed by atoms with E-state index >= 15 is 0 Å². The Morgan fingerprint density at radius 1 is 0.763 bits per heavy atom. The lowest BCUT2D eigenvalue weighted by molar-refractivity contribution is 0.0535. The second-order valence-corrected chi connectivity index (χ2v) is 10.4. The van der Waals surface area contributed by atoms with Crippen LogP contribution < -0.4 is 4.74 Å². The molecule has 1 aromatic heterocycles. The van der Waals surface area contributed by atoms with Gasteiger partial charge in [0.1, 0.15) is 5.75 Å². The fraction of sp³-hybridized carbons (Fsp3) is 0.226. The number of methoxy groups -OCH3 is 1. The van der Waals surface area contributed by atoms with Crippen molar-refractivity contribution >= 4 is 27.7 Å². The normalized spacial score (nSPS) is 13.5. The second-order valence-electron chi connectivity index (χ2n) is 9.52. The predicted octanol–water partition coefficient (Wildman–Crippen LogP) is 6.13. The summed E-state index contributed by atoms with van der Waals surface area (Å²) in [6.45, 7) is 6.05. The van der Waals surface area contributed by atoms with Crippen LogP contribution in [-0.2, 0) is 0 Å². The van der Waals surface area contributed by atoms with Gasteiger partial charge in [0.15, 0.2) is 0 Å². The first-order valence-corrected chi connectivity index (χ1v) is 13.4. The molecule has 0 N–H and O–H groups in total. The van der Waals surface area contributed by atoms with Crippen LogP contribution in [0.5, 0.6) is 5.75 Å². The monoisotopic (exact) mass is 571 g/mol. The van der Waals surface area contributed by atoms with Crippen molar-refractivity contribution in [2.45, 2.75) is 13.8 Å². The quantitative estimate of drug-likeness (QED) is 0.289. The van der Waals surface area contributed by atoms with E-state index in [1.54, 1.807) is 7.11 Å². The van der Waals surface area contributed by atoms with Crippen molar-refractivity contribution in [2.24, 2.45) is 0 Å². The highest BCUT2D eigenvalue weighted by Crippen LogP contribution is 2.31. The van der Waals surface area contributed by atoms with E-state index in [1.807, 2.05) is 71.3 Å². The van der Waals surface area contributed by atoms with Gasteiger partial charge in [-0.05, 0) is 86.1 Å². The van der Waals surface area contributed by atoms with Gasteiger partial charge in [0, 0.05) is 47.6 Å². The first-order chi connectivity index (χ1) is 18.4. The molecule has 7 heteroatoms. The van der Waals surface area contributed by atoms with E-state index in [4.69, 9.17) is 4.74 Å². The smallest absolute Gasteiger partial charge is 0.255 e. The van der Waals surface area contributed by atoms with Crippen molar-refractivity contribution in [3.05, 3.63) is 106 Å². The summed E-state index contributed by atoms with van der Waals surface area (Å²) in [6.07, 6.45) is 0. The van der Waals surface area contributed by atoms with Crippen LogP contribution in [0.4, 0.5) is 0 Å². The second kappa shape index (κ2) is 10.9. The number of hydrogen-bond acceptors (Lipinski definition) is 3. The van der Waals surface area contributed by atoms with Gasteiger partial charge in [-0.3, -0.25) is 9.59 Å². The van der Waals surface area contributed by atoms with E-state index in [2.05, 4.69) is 51.7 Å². The molecule has 0 spiro atoms. The number of halogens is 1. The van der Waals surface area contributed by atoms with Crippen LogP contribution in [-0.4, -0.2) is 59.5 Å². The maximum Gasteiger partial charge on any atom is 0.255 e. The minimum Gasteiger partial charge on any atom is -0.497 e. The molecular weight excluding hydrogens is 542 g/mol. The fourth-order valence-electron chi connectivity index (χ4n) is 4.88. The van der Waals surface area contributed by atoms with Crippen molar-refractivity contribution in [1.82, 2.24) is 14.4 Å². The molecule has 0 radical (unpaired) electrons. The number of piperazine rings is 1. The zero-order valence-electron chi connectivity index (χ0n) is 21.8. The van der Waals surface area contributed by atoms with Gasteiger partial charge in [-0.25, -0.2) is 0 Å². The van der Waals surface area contributed by atoms with E-state index in [-0.39, 0.29) is 11.8 Å². The molecule has 4 aromatic rings. The SMILES string of the molecule is COc1ccc(-c2cc(C(=O)N3CCN(C(=O)c4ccc(Br)cc4)CC3)c(C)n2-c2ccc(C)cc2)cc1. The minimum atomic E-state index is -0.0149. The van der Waals surface area contributed by atoms with Crippen molar-refractivity contribution in [2.75, 3.05) is 33.3 Å². The maximum absolute atomic E-state index is 13.8. The van der Waals surface area contributed by atoms with Crippen LogP contribution in [0.1, 0.15) is 32.0 Å². The molecule has 2 amide bonds. The number of hydrogen-bond donors (Lipinski definition) is 0. The summed E-state index contributed by atoms with van der Waals surface area (Å²) in [6, 6.07) is 25.6. The summed E-state index contributed by atoms with van der Waals surface area (Å²) in [5, 5.41) is 0. The van der Waals surface area contributed by atoms with Crippen LogP contribution in [0.15, 0.2) is 83.3 Å². The van der Waals surface area contributed by atoms with Crippen LogP contribution in [0, 0.1) is 13.8 Å². The Morgan fingerprint density at radius 3 is 1.92 bits per heavy atom. The predicted molar refractivity (Wildman–Crippen MR) is 153 cm³/mol. The molecule has 38 heavy (non-hydrogen) atoms. The highest BCUT2D eigenvalue weighted by Gasteiger charge is 2.28. The standard InChI is InChI=1S/C31H30BrN3O3/c1-21-4-12-26(13-5-21)35-22(2)28(20-29(35)23-8-14-27(38-3)15-9-23)31(37)34-18-16-33(17-19-34)30(36)24-6-10-25(32)11-7-24/h4-15,20H,16-19H2,1-3H3. The Morgan fingerprint density at radius 2 is 1.34 bits per heavy atom. The number of nitrogens with zero attached hydrogens (tertiary/aromatic N) is 3. The van der Waals surface area contributed by atoms with E-state index in [0.717, 1.165) is 32.9 Å². The molecule has 3 aromatic carbocycles. The third-order valence-corrected chi connectivity index (χ3v) is 7.63. The molecule has 1 aliphatic heterocycles. The summed E-state index contributed by atoms with van der Waals surface area (Å²) < 4.78 is 8.42. The number of ether oxygens (including phenoxy) is 1. The highest BCUT2D eigenvalue weighted by molar-refractivity contribution is 9.10. The lowest BCUT2D eigenvalue weighted by atomic mass is 10.1. The Bertz CT molecular complexity index is 1450. The Labute approximate surface area is 231 Å². The van der Waals surface area contributed by atoms with Crippen LogP contribution in [0.3, 0.4) is 0 Å². The zero-order valence-corrected chi connectivity index (χ0v) is 23.4. The summed E-state index contributed by atoms with van der Waals surface area (Å²) in [7, 11) is 1.65. The number of benzene rings is 3. The van der Waals surface area contributed by atoms with Crippen LogP contribution in [0.2, 0.25) is 0 Å². The number of aromatic nitrogens is 1. The third-order valence-electron chi connectivity index (χ3n) is 7.10. The van der Waals surface area contributed by atoms with E-state index < -0.39 is 0 Å². The fourth-order valence-corrected chi connectivity index (χ4v) is 5.15. The van der Waals surface area contributed by atoms with Crippen LogP contribution in [0.25, 0.3) is 16.9 Å². The summed E-state index contributed by atoms with van der Waals surface area (Å²) in [5.74, 6) is 0.762. The number of carbonyl (C=O) groups excluding carboxylic acids is 2. The van der Waals surface area contributed by atoms with Gasteiger partial charge in [0.2, 0.25) is 0 Å². The van der Waals surface area contributed by atoms with Gasteiger partial charge in [-0.1, -0.05) is 33.6 Å². The van der Waals surface area contributed by atoms with Gasteiger partial charge in [-0.15, -0.1) is 0 Å². The van der Waals surface area contributed by atoms with Crippen LogP contribution >= 0.6 is 15.9 Å². The molecule has 2 heterocycles. The highest BCUT2D eigenvalue weighted by atomic mass is 79.9. The van der Waals surface area contributed by atoms with Crippen molar-refractivity contribution in [1.29, 1.82) is 0 Å². The summed E-state index contributed by atoms with van der Waals surface area (Å²) >= 11 is 3.41. The molecule has 0 unspecified atom stereocenters. The summed E-state index contributed by atoms with van der Waals surface area (Å²) in [5.41, 5.74) is 6.34. The average molecular weight is 573 g/mol. The molecule has 1 fully saturated rings. The Balaban J connectivity index is 1.41. The topological polar surface area (TPSA) is 54.8 Å². The lowest BCUT2D eigenvalue weighted by Crippen LogP contribution is -2.50. The maximum atomic E-state index is 13.8. The minimum absolute atomic E-state index is 0.00639. The largest absolute Gasteiger partial charge is 0.497 e. The van der Waals surface area contributed by atoms with Crippen molar-refractivity contribution in [3.8, 4) is 22.7 Å². The summed E-state index contributed by atoms with van der Waals surface area (Å²) in [4.78, 5) is 30.4. The molecule has 0 saturated carbocycles. The average Bonchev–Trinajstić information content (AvgIpc) is 3.30. The first-order valence-electron chi connectivity index (χ1n) is 12.6. The van der Waals surface area contributed by atoms with Crippen molar-refractivity contribution in [3.63, 3.8) is 0 Å².